The second-order valence-corrected chi connectivity index (χ2v) is 6.64. The Morgan fingerprint density at radius 3 is 2.35 bits per heavy atom. The van der Waals surface area contributed by atoms with Crippen molar-refractivity contribution in [2.45, 2.75) is 12.3 Å². The summed E-state index contributed by atoms with van der Waals surface area (Å²) in [6.07, 6.45) is 0.913. The molecule has 1 saturated heterocycles. The van der Waals surface area contributed by atoms with Crippen LogP contribution in [0.25, 0.3) is 0 Å². The molecule has 1 aliphatic heterocycles. The van der Waals surface area contributed by atoms with Gasteiger partial charge in [-0.2, -0.15) is 0 Å². The Labute approximate surface area is 158 Å². The maximum Gasteiger partial charge on any atom is 0.254 e. The van der Waals surface area contributed by atoms with Crippen LogP contribution in [0.4, 0.5) is 0 Å². The molecule has 1 fully saturated rings. The molecule has 1 atom stereocenters. The number of nitrogens with zero attached hydrogens (tertiary/aromatic N) is 1. The van der Waals surface area contributed by atoms with Gasteiger partial charge in [-0.15, -0.1) is 0 Å². The molecule has 0 saturated carbocycles. The molecule has 1 heterocycles. The first kappa shape index (κ1) is 18.4. The number of hydrogen-bond donors (Lipinski definition) is 0. The van der Waals surface area contributed by atoms with Gasteiger partial charge in [-0.1, -0.05) is 23.7 Å². The average molecular weight is 376 g/mol. The monoisotopic (exact) mass is 375 g/mol. The highest BCUT2D eigenvalue weighted by Crippen LogP contribution is 2.39. The van der Waals surface area contributed by atoms with Crippen LogP contribution in [0.15, 0.2) is 36.4 Å². The molecule has 1 amide bonds. The highest BCUT2D eigenvalue weighted by molar-refractivity contribution is 6.30. The first-order chi connectivity index (χ1) is 12.6. The fourth-order valence-corrected chi connectivity index (χ4v) is 3.56. The van der Waals surface area contributed by atoms with Crippen molar-refractivity contribution in [3.05, 3.63) is 52.5 Å². The minimum absolute atomic E-state index is 0.0474. The van der Waals surface area contributed by atoms with Gasteiger partial charge < -0.3 is 19.1 Å². The Balaban J connectivity index is 1.82. The zero-order valence-electron chi connectivity index (χ0n) is 15.1. The summed E-state index contributed by atoms with van der Waals surface area (Å²) in [5.41, 5.74) is 1.68. The van der Waals surface area contributed by atoms with Gasteiger partial charge in [0.2, 0.25) is 5.75 Å². The Kier molecular flexibility index (Phi) is 5.57. The molecular formula is C20H22ClNO4. The van der Waals surface area contributed by atoms with Crippen LogP contribution in [0.5, 0.6) is 17.2 Å². The summed E-state index contributed by atoms with van der Waals surface area (Å²) in [4.78, 5) is 14.8. The molecule has 0 spiro atoms. The van der Waals surface area contributed by atoms with Gasteiger partial charge in [0.1, 0.15) is 0 Å². The fraction of sp³-hybridized carbons (Fsp3) is 0.350. The first-order valence-corrected chi connectivity index (χ1v) is 8.80. The molecule has 0 aromatic heterocycles. The summed E-state index contributed by atoms with van der Waals surface area (Å²) in [6, 6.07) is 11.2. The highest BCUT2D eigenvalue weighted by Gasteiger charge is 2.29. The number of benzene rings is 2. The Hall–Kier alpha value is -2.40. The van der Waals surface area contributed by atoms with E-state index in [-0.39, 0.29) is 5.91 Å². The Morgan fingerprint density at radius 1 is 1.08 bits per heavy atom. The molecule has 3 rings (SSSR count). The van der Waals surface area contributed by atoms with Crippen molar-refractivity contribution in [3.8, 4) is 17.2 Å². The molecule has 2 aromatic carbocycles. The fourth-order valence-electron chi connectivity index (χ4n) is 3.36. The highest BCUT2D eigenvalue weighted by atomic mass is 35.5. The molecule has 2 aromatic rings. The zero-order valence-corrected chi connectivity index (χ0v) is 15.9. The van der Waals surface area contributed by atoms with E-state index in [0.717, 1.165) is 17.0 Å². The summed E-state index contributed by atoms with van der Waals surface area (Å²) >= 11 is 6.09. The van der Waals surface area contributed by atoms with Crippen LogP contribution in [0, 0.1) is 0 Å². The summed E-state index contributed by atoms with van der Waals surface area (Å²) < 4.78 is 16.0. The number of amides is 1. The van der Waals surface area contributed by atoms with E-state index in [1.165, 1.54) is 21.3 Å². The molecule has 0 bridgehead atoms. The molecule has 26 heavy (non-hydrogen) atoms. The van der Waals surface area contributed by atoms with E-state index < -0.39 is 0 Å². The maximum atomic E-state index is 13.0. The molecule has 0 radical (unpaired) electrons. The topological polar surface area (TPSA) is 48.0 Å². The quantitative estimate of drug-likeness (QED) is 0.792. The van der Waals surface area contributed by atoms with Crippen molar-refractivity contribution in [1.29, 1.82) is 0 Å². The Bertz CT molecular complexity index is 783. The molecule has 5 nitrogen and oxygen atoms in total. The number of carbonyl (C=O) groups excluding carboxylic acids is 1. The van der Waals surface area contributed by atoms with Gasteiger partial charge in [-0.05, 0) is 36.2 Å². The smallest absolute Gasteiger partial charge is 0.254 e. The van der Waals surface area contributed by atoms with E-state index in [4.69, 9.17) is 25.8 Å². The lowest BCUT2D eigenvalue weighted by Gasteiger charge is -2.19. The van der Waals surface area contributed by atoms with E-state index in [1.54, 1.807) is 12.1 Å². The lowest BCUT2D eigenvalue weighted by Crippen LogP contribution is -2.28. The molecular weight excluding hydrogens is 354 g/mol. The number of likely N-dealkylation sites (tertiary alicyclic amines) is 1. The molecule has 0 N–H and O–H groups in total. The van der Waals surface area contributed by atoms with Crippen molar-refractivity contribution >= 4 is 17.5 Å². The number of rotatable bonds is 5. The lowest BCUT2D eigenvalue weighted by atomic mass is 9.99. The van der Waals surface area contributed by atoms with Crippen molar-refractivity contribution in [2.75, 3.05) is 34.4 Å². The molecule has 6 heteroatoms. The van der Waals surface area contributed by atoms with Crippen molar-refractivity contribution in [2.24, 2.45) is 0 Å². The van der Waals surface area contributed by atoms with Crippen molar-refractivity contribution in [3.63, 3.8) is 0 Å². The third kappa shape index (κ3) is 3.58. The van der Waals surface area contributed by atoms with E-state index in [2.05, 4.69) is 6.07 Å². The predicted octanol–water partition coefficient (Wildman–Crippen LogP) is 4.00. The molecule has 1 unspecified atom stereocenters. The van der Waals surface area contributed by atoms with E-state index >= 15 is 0 Å². The first-order valence-electron chi connectivity index (χ1n) is 8.42. The van der Waals surface area contributed by atoms with Crippen LogP contribution in [0.1, 0.15) is 28.3 Å². The largest absolute Gasteiger partial charge is 0.493 e. The van der Waals surface area contributed by atoms with Gasteiger partial charge in [0.05, 0.1) is 21.3 Å². The van der Waals surface area contributed by atoms with Crippen molar-refractivity contribution < 1.29 is 19.0 Å². The average Bonchev–Trinajstić information content (AvgIpc) is 3.16. The number of hydrogen-bond acceptors (Lipinski definition) is 4. The van der Waals surface area contributed by atoms with Crippen LogP contribution in [0.3, 0.4) is 0 Å². The predicted molar refractivity (Wildman–Crippen MR) is 101 cm³/mol. The minimum Gasteiger partial charge on any atom is -0.493 e. The summed E-state index contributed by atoms with van der Waals surface area (Å²) in [7, 11) is 4.62. The minimum atomic E-state index is -0.0474. The normalized spacial score (nSPS) is 16.5. The van der Waals surface area contributed by atoms with Crippen LogP contribution >= 0.6 is 11.6 Å². The van der Waals surface area contributed by atoms with Gasteiger partial charge in [0.25, 0.3) is 5.91 Å². The lowest BCUT2D eigenvalue weighted by molar-refractivity contribution is 0.0790. The molecule has 0 aliphatic carbocycles. The number of carbonyl (C=O) groups is 1. The standard InChI is InChI=1S/C20H22ClNO4/c1-24-17-10-15(11-18(25-2)19(17)26-3)20(23)22-8-7-14(12-22)13-5-4-6-16(21)9-13/h4-6,9-11,14H,7-8,12H2,1-3H3. The maximum absolute atomic E-state index is 13.0. The summed E-state index contributed by atoms with van der Waals surface area (Å²) in [5, 5.41) is 0.719. The van der Waals surface area contributed by atoms with Crippen LogP contribution in [-0.2, 0) is 0 Å². The van der Waals surface area contributed by atoms with Gasteiger partial charge in [-0.3, -0.25) is 4.79 Å². The Morgan fingerprint density at radius 2 is 1.77 bits per heavy atom. The van der Waals surface area contributed by atoms with Gasteiger partial charge >= 0.3 is 0 Å². The third-order valence-corrected chi connectivity index (χ3v) is 4.94. The third-order valence-electron chi connectivity index (χ3n) is 4.71. The van der Waals surface area contributed by atoms with E-state index in [0.29, 0.717) is 41.8 Å². The zero-order chi connectivity index (χ0) is 18.7. The van der Waals surface area contributed by atoms with Crippen LogP contribution < -0.4 is 14.2 Å². The summed E-state index contributed by atoms with van der Waals surface area (Å²) in [6.45, 7) is 1.36. The summed E-state index contributed by atoms with van der Waals surface area (Å²) in [5.74, 6) is 1.67. The number of methoxy groups -OCH3 is 3. The van der Waals surface area contributed by atoms with Crippen molar-refractivity contribution in [1.82, 2.24) is 4.90 Å². The van der Waals surface area contributed by atoms with Crippen LogP contribution in [-0.4, -0.2) is 45.2 Å². The van der Waals surface area contributed by atoms with E-state index in [1.807, 2.05) is 23.1 Å². The molecule has 1 aliphatic rings. The van der Waals surface area contributed by atoms with E-state index in [9.17, 15) is 4.79 Å². The second-order valence-electron chi connectivity index (χ2n) is 6.21. The number of halogens is 1. The number of ether oxygens (including phenoxy) is 3. The van der Waals surface area contributed by atoms with Crippen LogP contribution in [0.2, 0.25) is 5.02 Å². The van der Waals surface area contributed by atoms with Gasteiger partial charge in [0, 0.05) is 29.6 Å². The molecule has 138 valence electrons. The van der Waals surface area contributed by atoms with Gasteiger partial charge in [-0.25, -0.2) is 0 Å². The SMILES string of the molecule is COc1cc(C(=O)N2CCC(c3cccc(Cl)c3)C2)cc(OC)c1OC. The van der Waals surface area contributed by atoms with Gasteiger partial charge in [0.15, 0.2) is 11.5 Å². The second kappa shape index (κ2) is 7.87.